The van der Waals surface area contributed by atoms with E-state index in [1.165, 1.54) is 4.90 Å². The van der Waals surface area contributed by atoms with Crippen molar-refractivity contribution in [3.63, 3.8) is 0 Å². The lowest BCUT2D eigenvalue weighted by atomic mass is 9.92. The molecule has 122 valence electrons. The van der Waals surface area contributed by atoms with Crippen molar-refractivity contribution in [1.82, 2.24) is 10.2 Å². The van der Waals surface area contributed by atoms with Crippen LogP contribution in [0.5, 0.6) is 0 Å². The Balaban J connectivity index is 2.92. The number of carbonyl (C=O) groups is 2. The molecule has 5 nitrogen and oxygen atoms in total. The molecule has 0 radical (unpaired) electrons. The van der Waals surface area contributed by atoms with Crippen LogP contribution >= 0.6 is 0 Å². The van der Waals surface area contributed by atoms with Gasteiger partial charge in [0.2, 0.25) is 0 Å². The molecule has 0 aromatic rings. The van der Waals surface area contributed by atoms with E-state index < -0.39 is 11.7 Å². The maximum atomic E-state index is 12.3. The third-order valence-corrected chi connectivity index (χ3v) is 3.35. The molecule has 2 atom stereocenters. The highest BCUT2D eigenvalue weighted by atomic mass is 16.6. The molecule has 1 fully saturated rings. The summed E-state index contributed by atoms with van der Waals surface area (Å²) in [6.45, 7) is 13.9. The van der Waals surface area contributed by atoms with E-state index >= 15 is 0 Å². The highest BCUT2D eigenvalue weighted by Crippen LogP contribution is 2.26. The quantitative estimate of drug-likeness (QED) is 0.859. The standard InChI is InChI=1S/C16H30N2O3/c1-10(2)8-12-13(9-11(3)4)18(14(19)17-12)15(20)21-16(5,6)7/h10-13H,8-9H2,1-7H3,(H,17,19)/t12-,13-/m0/s1. The van der Waals surface area contributed by atoms with E-state index in [2.05, 4.69) is 33.0 Å². The molecule has 1 N–H and O–H groups in total. The maximum absolute atomic E-state index is 12.3. The molecular weight excluding hydrogens is 268 g/mol. The molecule has 1 rings (SSSR count). The van der Waals surface area contributed by atoms with Crippen molar-refractivity contribution in [2.75, 3.05) is 0 Å². The van der Waals surface area contributed by atoms with Crippen molar-refractivity contribution in [3.05, 3.63) is 0 Å². The third-order valence-electron chi connectivity index (χ3n) is 3.35. The Morgan fingerprint density at radius 3 is 2.14 bits per heavy atom. The summed E-state index contributed by atoms with van der Waals surface area (Å²) in [6.07, 6.45) is 1.11. The van der Waals surface area contributed by atoms with Crippen molar-refractivity contribution in [2.24, 2.45) is 11.8 Å². The van der Waals surface area contributed by atoms with Crippen molar-refractivity contribution in [1.29, 1.82) is 0 Å². The van der Waals surface area contributed by atoms with Gasteiger partial charge < -0.3 is 10.1 Å². The fourth-order valence-electron chi connectivity index (χ4n) is 2.66. The second-order valence-electron chi connectivity index (χ2n) is 7.73. The average molecular weight is 298 g/mol. The number of amides is 3. The van der Waals surface area contributed by atoms with E-state index in [1.807, 2.05) is 20.8 Å². The van der Waals surface area contributed by atoms with Crippen LogP contribution in [-0.4, -0.2) is 34.7 Å². The van der Waals surface area contributed by atoms with Gasteiger partial charge in [-0.3, -0.25) is 0 Å². The van der Waals surface area contributed by atoms with Gasteiger partial charge in [-0.05, 0) is 45.4 Å². The van der Waals surface area contributed by atoms with Crippen LogP contribution in [0.15, 0.2) is 0 Å². The van der Waals surface area contributed by atoms with E-state index in [-0.39, 0.29) is 18.1 Å². The second kappa shape index (κ2) is 6.67. The number of nitrogens with zero attached hydrogens (tertiary/aromatic N) is 1. The van der Waals surface area contributed by atoms with Gasteiger partial charge in [-0.15, -0.1) is 0 Å². The number of hydrogen-bond donors (Lipinski definition) is 1. The summed E-state index contributed by atoms with van der Waals surface area (Å²) in [5.74, 6) is 0.867. The Kier molecular flexibility index (Phi) is 5.65. The molecule has 21 heavy (non-hydrogen) atoms. The van der Waals surface area contributed by atoms with Crippen molar-refractivity contribution in [2.45, 2.75) is 79.0 Å². The van der Waals surface area contributed by atoms with E-state index in [0.717, 1.165) is 12.8 Å². The lowest BCUT2D eigenvalue weighted by Gasteiger charge is -2.29. The number of nitrogens with one attached hydrogen (secondary N) is 1. The monoisotopic (exact) mass is 298 g/mol. The molecule has 3 amide bonds. The number of hydrogen-bond acceptors (Lipinski definition) is 3. The molecule has 1 saturated heterocycles. The molecular formula is C16H30N2O3. The Morgan fingerprint density at radius 1 is 1.19 bits per heavy atom. The van der Waals surface area contributed by atoms with Crippen molar-refractivity contribution in [3.8, 4) is 0 Å². The van der Waals surface area contributed by atoms with Gasteiger partial charge in [0, 0.05) is 0 Å². The Bertz CT molecular complexity index is 385. The van der Waals surface area contributed by atoms with Crippen LogP contribution in [-0.2, 0) is 4.74 Å². The minimum atomic E-state index is -0.601. The van der Waals surface area contributed by atoms with E-state index in [0.29, 0.717) is 11.8 Å². The first-order valence-electron chi connectivity index (χ1n) is 7.84. The summed E-state index contributed by atoms with van der Waals surface area (Å²) in [7, 11) is 0. The Labute approximate surface area is 128 Å². The Morgan fingerprint density at radius 2 is 1.71 bits per heavy atom. The molecule has 0 saturated carbocycles. The molecule has 1 heterocycles. The number of rotatable bonds is 4. The highest BCUT2D eigenvalue weighted by Gasteiger charge is 2.44. The molecule has 0 bridgehead atoms. The van der Waals surface area contributed by atoms with Gasteiger partial charge in [0.1, 0.15) is 5.60 Å². The smallest absolute Gasteiger partial charge is 0.418 e. The van der Waals surface area contributed by atoms with Crippen LogP contribution in [0.1, 0.15) is 61.3 Å². The van der Waals surface area contributed by atoms with Crippen molar-refractivity contribution < 1.29 is 14.3 Å². The van der Waals surface area contributed by atoms with Gasteiger partial charge in [-0.1, -0.05) is 27.7 Å². The minimum absolute atomic E-state index is 0.00687. The lowest BCUT2D eigenvalue weighted by Crippen LogP contribution is -2.44. The van der Waals surface area contributed by atoms with Gasteiger partial charge in [-0.2, -0.15) is 0 Å². The molecule has 0 unspecified atom stereocenters. The largest absolute Gasteiger partial charge is 0.443 e. The molecule has 1 aliphatic rings. The van der Waals surface area contributed by atoms with Crippen LogP contribution in [0.3, 0.4) is 0 Å². The predicted octanol–water partition coefficient (Wildman–Crippen LogP) is 3.78. The summed E-state index contributed by atoms with van der Waals surface area (Å²) >= 11 is 0. The first-order valence-corrected chi connectivity index (χ1v) is 7.84. The molecule has 0 spiro atoms. The minimum Gasteiger partial charge on any atom is -0.443 e. The van der Waals surface area contributed by atoms with Crippen LogP contribution in [0.25, 0.3) is 0 Å². The number of ether oxygens (including phenoxy) is 1. The second-order valence-corrected chi connectivity index (χ2v) is 7.73. The van der Waals surface area contributed by atoms with Crippen LogP contribution in [0.4, 0.5) is 9.59 Å². The van der Waals surface area contributed by atoms with Gasteiger partial charge in [-0.25, -0.2) is 14.5 Å². The van der Waals surface area contributed by atoms with E-state index in [4.69, 9.17) is 4.74 Å². The van der Waals surface area contributed by atoms with Gasteiger partial charge in [0.25, 0.3) is 0 Å². The zero-order valence-corrected chi connectivity index (χ0v) is 14.4. The fraction of sp³-hybridized carbons (Fsp3) is 0.875. The first-order chi connectivity index (χ1) is 9.51. The number of carbonyl (C=O) groups excluding carboxylic acids is 2. The number of imide groups is 1. The number of urea groups is 1. The first kappa shape index (κ1) is 17.8. The normalized spacial score (nSPS) is 22.9. The summed E-state index contributed by atoms with van der Waals surface area (Å²) in [4.78, 5) is 25.8. The summed E-state index contributed by atoms with van der Waals surface area (Å²) < 4.78 is 5.38. The van der Waals surface area contributed by atoms with Gasteiger partial charge >= 0.3 is 12.1 Å². The third kappa shape index (κ3) is 5.21. The topological polar surface area (TPSA) is 58.6 Å². The maximum Gasteiger partial charge on any atom is 0.418 e. The Hall–Kier alpha value is -1.26. The fourth-order valence-corrected chi connectivity index (χ4v) is 2.66. The van der Waals surface area contributed by atoms with Crippen LogP contribution in [0, 0.1) is 11.8 Å². The van der Waals surface area contributed by atoms with Gasteiger partial charge in [0.05, 0.1) is 12.1 Å². The summed E-state index contributed by atoms with van der Waals surface area (Å²) in [5, 5.41) is 2.94. The summed E-state index contributed by atoms with van der Waals surface area (Å²) in [6, 6.07) is -0.456. The summed E-state index contributed by atoms with van der Waals surface area (Å²) in [5.41, 5.74) is -0.601. The lowest BCUT2D eigenvalue weighted by molar-refractivity contribution is 0.0271. The average Bonchev–Trinajstić information content (AvgIpc) is 2.50. The van der Waals surface area contributed by atoms with E-state index in [1.54, 1.807) is 0 Å². The zero-order valence-electron chi connectivity index (χ0n) is 14.4. The molecule has 0 aliphatic carbocycles. The zero-order chi connectivity index (χ0) is 16.4. The van der Waals surface area contributed by atoms with E-state index in [9.17, 15) is 9.59 Å². The van der Waals surface area contributed by atoms with Crippen LogP contribution < -0.4 is 5.32 Å². The van der Waals surface area contributed by atoms with Gasteiger partial charge in [0.15, 0.2) is 0 Å². The SMILES string of the molecule is CC(C)C[C@@H]1NC(=O)N(C(=O)OC(C)(C)C)[C@H]1CC(C)C. The van der Waals surface area contributed by atoms with Crippen LogP contribution in [0.2, 0.25) is 0 Å². The molecule has 0 aromatic carbocycles. The highest BCUT2D eigenvalue weighted by molar-refractivity contribution is 5.93. The molecule has 5 heteroatoms. The molecule has 1 aliphatic heterocycles. The predicted molar refractivity (Wildman–Crippen MR) is 83.1 cm³/mol. The molecule has 0 aromatic heterocycles. The van der Waals surface area contributed by atoms with Crippen molar-refractivity contribution >= 4 is 12.1 Å².